The SMILES string of the molecule is CCC(CC)C(=O)Nc1nc(-c2cccc(N)c2)cs1. The van der Waals surface area contributed by atoms with Crippen LogP contribution in [0.25, 0.3) is 11.3 Å². The van der Waals surface area contributed by atoms with E-state index in [2.05, 4.69) is 10.3 Å². The smallest absolute Gasteiger partial charge is 0.229 e. The second-order valence-corrected chi connectivity index (χ2v) is 5.52. The topological polar surface area (TPSA) is 68.0 Å². The third kappa shape index (κ3) is 3.36. The number of hydrogen-bond acceptors (Lipinski definition) is 4. The molecular weight excluding hydrogens is 270 g/mol. The van der Waals surface area contributed by atoms with Gasteiger partial charge in [-0.3, -0.25) is 4.79 Å². The number of rotatable bonds is 5. The van der Waals surface area contributed by atoms with Crippen molar-refractivity contribution in [2.75, 3.05) is 11.1 Å². The van der Waals surface area contributed by atoms with E-state index in [9.17, 15) is 4.79 Å². The molecule has 0 saturated heterocycles. The van der Waals surface area contributed by atoms with Gasteiger partial charge in [-0.15, -0.1) is 11.3 Å². The van der Waals surface area contributed by atoms with Crippen molar-refractivity contribution < 1.29 is 4.79 Å². The molecule has 1 amide bonds. The minimum atomic E-state index is 0.0449. The number of nitrogen functional groups attached to an aromatic ring is 1. The number of carbonyl (C=O) groups excluding carboxylic acids is 1. The zero-order chi connectivity index (χ0) is 14.5. The van der Waals surface area contributed by atoms with Gasteiger partial charge >= 0.3 is 0 Å². The number of aromatic nitrogens is 1. The van der Waals surface area contributed by atoms with Crippen LogP contribution < -0.4 is 11.1 Å². The van der Waals surface area contributed by atoms with Crippen LogP contribution in [0.2, 0.25) is 0 Å². The summed E-state index contributed by atoms with van der Waals surface area (Å²) in [6, 6.07) is 7.57. The highest BCUT2D eigenvalue weighted by molar-refractivity contribution is 7.14. The van der Waals surface area contributed by atoms with Crippen molar-refractivity contribution in [3.63, 3.8) is 0 Å². The van der Waals surface area contributed by atoms with E-state index in [1.807, 2.05) is 43.5 Å². The number of carbonyl (C=O) groups is 1. The fourth-order valence-corrected chi connectivity index (χ4v) is 2.75. The molecule has 0 fully saturated rings. The Morgan fingerprint density at radius 2 is 2.15 bits per heavy atom. The maximum absolute atomic E-state index is 12.0. The first-order chi connectivity index (χ1) is 9.63. The fourth-order valence-electron chi connectivity index (χ4n) is 2.03. The largest absolute Gasteiger partial charge is 0.399 e. The average molecular weight is 289 g/mol. The fraction of sp³-hybridized carbons (Fsp3) is 0.333. The Morgan fingerprint density at radius 1 is 1.40 bits per heavy atom. The van der Waals surface area contributed by atoms with Crippen molar-refractivity contribution in [2.45, 2.75) is 26.7 Å². The van der Waals surface area contributed by atoms with Gasteiger partial charge in [0, 0.05) is 22.5 Å². The van der Waals surface area contributed by atoms with Gasteiger partial charge in [-0.25, -0.2) is 4.98 Å². The average Bonchev–Trinajstić information content (AvgIpc) is 2.88. The molecule has 0 aliphatic carbocycles. The summed E-state index contributed by atoms with van der Waals surface area (Å²) in [6.07, 6.45) is 1.69. The van der Waals surface area contributed by atoms with Gasteiger partial charge in [-0.1, -0.05) is 26.0 Å². The molecule has 3 N–H and O–H groups in total. The minimum Gasteiger partial charge on any atom is -0.399 e. The van der Waals surface area contributed by atoms with Gasteiger partial charge in [0.05, 0.1) is 5.69 Å². The number of benzene rings is 1. The molecule has 5 heteroatoms. The Kier molecular flexibility index (Phi) is 4.74. The molecule has 1 aromatic carbocycles. The molecule has 2 aromatic rings. The number of anilines is 2. The van der Waals surface area contributed by atoms with Crippen molar-refractivity contribution in [1.82, 2.24) is 4.98 Å². The second-order valence-electron chi connectivity index (χ2n) is 4.67. The maximum Gasteiger partial charge on any atom is 0.229 e. The third-order valence-corrected chi connectivity index (χ3v) is 4.03. The van der Waals surface area contributed by atoms with Crippen LogP contribution in [-0.4, -0.2) is 10.9 Å². The predicted octanol–water partition coefficient (Wildman–Crippen LogP) is 3.77. The highest BCUT2D eigenvalue weighted by Crippen LogP contribution is 2.26. The van der Waals surface area contributed by atoms with E-state index in [0.717, 1.165) is 24.1 Å². The molecule has 106 valence electrons. The van der Waals surface area contributed by atoms with Crippen molar-refractivity contribution in [2.24, 2.45) is 5.92 Å². The molecule has 0 saturated carbocycles. The Labute approximate surface area is 123 Å². The standard InChI is InChI=1S/C15H19N3OS/c1-3-10(4-2)14(19)18-15-17-13(9-20-15)11-6-5-7-12(16)8-11/h5-10H,3-4,16H2,1-2H3,(H,17,18,19). The van der Waals surface area contributed by atoms with Crippen LogP contribution in [-0.2, 0) is 4.79 Å². The van der Waals surface area contributed by atoms with E-state index >= 15 is 0 Å². The van der Waals surface area contributed by atoms with Crippen molar-refractivity contribution in [1.29, 1.82) is 0 Å². The lowest BCUT2D eigenvalue weighted by molar-refractivity contribution is -0.120. The summed E-state index contributed by atoms with van der Waals surface area (Å²) in [6.45, 7) is 4.04. The van der Waals surface area contributed by atoms with Crippen molar-refractivity contribution in [3.8, 4) is 11.3 Å². The van der Waals surface area contributed by atoms with E-state index in [1.165, 1.54) is 11.3 Å². The highest BCUT2D eigenvalue weighted by atomic mass is 32.1. The molecule has 0 radical (unpaired) electrons. The first kappa shape index (κ1) is 14.5. The van der Waals surface area contributed by atoms with Crippen LogP contribution in [0.4, 0.5) is 10.8 Å². The summed E-state index contributed by atoms with van der Waals surface area (Å²) in [7, 11) is 0. The van der Waals surface area contributed by atoms with E-state index in [0.29, 0.717) is 10.8 Å². The number of nitrogens with two attached hydrogens (primary N) is 1. The zero-order valence-electron chi connectivity index (χ0n) is 11.7. The Bertz CT molecular complexity index is 590. The lowest BCUT2D eigenvalue weighted by atomic mass is 10.0. The Morgan fingerprint density at radius 3 is 2.80 bits per heavy atom. The molecule has 0 atom stereocenters. The first-order valence-electron chi connectivity index (χ1n) is 6.76. The Hall–Kier alpha value is -1.88. The molecule has 4 nitrogen and oxygen atoms in total. The van der Waals surface area contributed by atoms with Gasteiger partial charge < -0.3 is 11.1 Å². The van der Waals surface area contributed by atoms with Crippen LogP contribution in [0.3, 0.4) is 0 Å². The maximum atomic E-state index is 12.0. The molecule has 0 aliphatic heterocycles. The zero-order valence-corrected chi connectivity index (χ0v) is 12.5. The lowest BCUT2D eigenvalue weighted by Gasteiger charge is -2.10. The van der Waals surface area contributed by atoms with Gasteiger partial charge in [0.25, 0.3) is 0 Å². The number of nitrogens with one attached hydrogen (secondary N) is 1. The van der Waals surface area contributed by atoms with Crippen LogP contribution in [0.15, 0.2) is 29.6 Å². The third-order valence-electron chi connectivity index (χ3n) is 3.27. The summed E-state index contributed by atoms with van der Waals surface area (Å²) in [5.41, 5.74) is 8.27. The number of nitrogens with zero attached hydrogens (tertiary/aromatic N) is 1. The van der Waals surface area contributed by atoms with Gasteiger partial charge in [-0.2, -0.15) is 0 Å². The molecule has 0 unspecified atom stereocenters. The van der Waals surface area contributed by atoms with Gasteiger partial charge in [-0.05, 0) is 25.0 Å². The highest BCUT2D eigenvalue weighted by Gasteiger charge is 2.15. The summed E-state index contributed by atoms with van der Waals surface area (Å²) >= 11 is 1.43. The second kappa shape index (κ2) is 6.52. The molecule has 20 heavy (non-hydrogen) atoms. The number of thiazole rings is 1. The molecule has 0 aliphatic rings. The quantitative estimate of drug-likeness (QED) is 0.823. The summed E-state index contributed by atoms with van der Waals surface area (Å²) < 4.78 is 0. The van der Waals surface area contributed by atoms with E-state index in [4.69, 9.17) is 5.73 Å². The van der Waals surface area contributed by atoms with E-state index in [-0.39, 0.29) is 11.8 Å². The normalized spacial score (nSPS) is 10.8. The summed E-state index contributed by atoms with van der Waals surface area (Å²) in [5, 5.41) is 5.45. The van der Waals surface area contributed by atoms with Gasteiger partial charge in [0.1, 0.15) is 0 Å². The summed E-state index contributed by atoms with van der Waals surface area (Å²) in [5.74, 6) is 0.0956. The predicted molar refractivity (Wildman–Crippen MR) is 84.7 cm³/mol. The van der Waals surface area contributed by atoms with Crippen molar-refractivity contribution >= 4 is 28.1 Å². The first-order valence-corrected chi connectivity index (χ1v) is 7.64. The molecule has 2 rings (SSSR count). The Balaban J connectivity index is 2.11. The van der Waals surface area contributed by atoms with Crippen LogP contribution >= 0.6 is 11.3 Å². The van der Waals surface area contributed by atoms with Crippen LogP contribution in [0.5, 0.6) is 0 Å². The van der Waals surface area contributed by atoms with Gasteiger partial charge in [0.15, 0.2) is 5.13 Å². The van der Waals surface area contributed by atoms with Crippen LogP contribution in [0.1, 0.15) is 26.7 Å². The molecule has 0 spiro atoms. The molecule has 0 bridgehead atoms. The molecule has 1 heterocycles. The lowest BCUT2D eigenvalue weighted by Crippen LogP contribution is -2.21. The minimum absolute atomic E-state index is 0.0449. The molecular formula is C15H19N3OS. The van der Waals surface area contributed by atoms with E-state index < -0.39 is 0 Å². The van der Waals surface area contributed by atoms with Gasteiger partial charge in [0.2, 0.25) is 5.91 Å². The van der Waals surface area contributed by atoms with Crippen molar-refractivity contribution in [3.05, 3.63) is 29.6 Å². The monoisotopic (exact) mass is 289 g/mol. The summed E-state index contributed by atoms with van der Waals surface area (Å²) in [4.78, 5) is 16.5. The van der Waals surface area contributed by atoms with Crippen LogP contribution in [0, 0.1) is 5.92 Å². The number of amides is 1. The number of hydrogen-bond donors (Lipinski definition) is 2. The van der Waals surface area contributed by atoms with E-state index in [1.54, 1.807) is 0 Å². The molecule has 1 aromatic heterocycles.